The van der Waals surface area contributed by atoms with Crippen LogP contribution < -0.4 is 10.9 Å². The van der Waals surface area contributed by atoms with E-state index in [0.29, 0.717) is 6.73 Å². The monoisotopic (exact) mass is 101 g/mol. The zero-order valence-electron chi connectivity index (χ0n) is 4.06. The van der Waals surface area contributed by atoms with Gasteiger partial charge in [-0.1, -0.05) is 0 Å². The van der Waals surface area contributed by atoms with Crippen LogP contribution in [0.15, 0.2) is 5.10 Å². The molecule has 0 saturated carbocycles. The summed E-state index contributed by atoms with van der Waals surface area (Å²) in [5, 5.41) is 3.76. The Labute approximate surface area is 41.5 Å². The highest BCUT2D eigenvalue weighted by Gasteiger charge is 1.92. The molecule has 0 unspecified atom stereocenters. The highest BCUT2D eigenvalue weighted by molar-refractivity contribution is 5.78. The van der Waals surface area contributed by atoms with Crippen molar-refractivity contribution < 1.29 is 4.84 Å². The van der Waals surface area contributed by atoms with Crippen LogP contribution in [-0.2, 0) is 4.84 Å². The average molecular weight is 101 g/mol. The van der Waals surface area contributed by atoms with E-state index in [1.807, 2.05) is 6.92 Å². The van der Waals surface area contributed by atoms with Crippen molar-refractivity contribution in [1.82, 2.24) is 10.9 Å². The number of hydroxylamine groups is 1. The number of hydrogen-bond acceptors (Lipinski definition) is 4. The van der Waals surface area contributed by atoms with E-state index in [0.717, 1.165) is 5.84 Å². The third-order valence-electron chi connectivity index (χ3n) is 0.603. The summed E-state index contributed by atoms with van der Waals surface area (Å²) in [4.78, 5) is 4.69. The Kier molecular flexibility index (Phi) is 1.12. The van der Waals surface area contributed by atoms with Gasteiger partial charge in [0.15, 0.2) is 6.73 Å². The maximum Gasteiger partial charge on any atom is 0.159 e. The first-order valence-corrected chi connectivity index (χ1v) is 2.04. The van der Waals surface area contributed by atoms with E-state index in [2.05, 4.69) is 20.8 Å². The quantitative estimate of drug-likeness (QED) is 0.428. The van der Waals surface area contributed by atoms with Crippen molar-refractivity contribution in [2.24, 2.45) is 5.10 Å². The molecule has 0 aromatic rings. The molecule has 40 valence electrons. The van der Waals surface area contributed by atoms with Gasteiger partial charge in [0.1, 0.15) is 5.84 Å². The average Bonchev–Trinajstić information content (AvgIpc) is 1.69. The SMILES string of the molecule is CC1=NNCON1. The van der Waals surface area contributed by atoms with Crippen molar-refractivity contribution in [3.8, 4) is 0 Å². The predicted molar refractivity (Wildman–Crippen MR) is 25.3 cm³/mol. The topological polar surface area (TPSA) is 45.7 Å². The molecule has 0 radical (unpaired) electrons. The summed E-state index contributed by atoms with van der Waals surface area (Å²) in [6, 6.07) is 0. The summed E-state index contributed by atoms with van der Waals surface area (Å²) in [6.07, 6.45) is 0. The Balaban J connectivity index is 2.40. The van der Waals surface area contributed by atoms with E-state index in [4.69, 9.17) is 0 Å². The molecule has 0 spiro atoms. The molecule has 1 aliphatic rings. The molecular weight excluding hydrogens is 94.1 g/mol. The van der Waals surface area contributed by atoms with Crippen LogP contribution in [0, 0.1) is 0 Å². The molecule has 1 heterocycles. The fraction of sp³-hybridized carbons (Fsp3) is 0.667. The Morgan fingerprint density at radius 3 is 3.00 bits per heavy atom. The van der Waals surface area contributed by atoms with Crippen LogP contribution in [0.1, 0.15) is 6.92 Å². The van der Waals surface area contributed by atoms with Crippen LogP contribution >= 0.6 is 0 Å². The van der Waals surface area contributed by atoms with E-state index in [1.54, 1.807) is 0 Å². The number of amidine groups is 1. The van der Waals surface area contributed by atoms with E-state index in [1.165, 1.54) is 0 Å². The summed E-state index contributed by atoms with van der Waals surface area (Å²) >= 11 is 0. The van der Waals surface area contributed by atoms with Gasteiger partial charge < -0.3 is 0 Å². The van der Waals surface area contributed by atoms with E-state index < -0.39 is 0 Å². The smallest absolute Gasteiger partial charge is 0.159 e. The van der Waals surface area contributed by atoms with Crippen LogP contribution in [0.2, 0.25) is 0 Å². The summed E-state index contributed by atoms with van der Waals surface area (Å²) < 4.78 is 0. The third-order valence-corrected chi connectivity index (χ3v) is 0.603. The molecule has 0 aliphatic carbocycles. The molecule has 0 aromatic heterocycles. The van der Waals surface area contributed by atoms with Crippen molar-refractivity contribution >= 4 is 5.84 Å². The maximum absolute atomic E-state index is 4.69. The van der Waals surface area contributed by atoms with Gasteiger partial charge in [-0.15, -0.1) is 0 Å². The van der Waals surface area contributed by atoms with Gasteiger partial charge in [0, 0.05) is 0 Å². The van der Waals surface area contributed by atoms with Gasteiger partial charge in [0.2, 0.25) is 0 Å². The minimum Gasteiger partial charge on any atom is -0.281 e. The molecule has 1 aliphatic heterocycles. The lowest BCUT2D eigenvalue weighted by Crippen LogP contribution is -2.33. The second kappa shape index (κ2) is 1.79. The molecule has 0 atom stereocenters. The lowest BCUT2D eigenvalue weighted by Gasteiger charge is -2.10. The first-order chi connectivity index (χ1) is 3.39. The minimum absolute atomic E-state index is 0.442. The summed E-state index contributed by atoms with van der Waals surface area (Å²) in [5.41, 5.74) is 5.21. The third kappa shape index (κ3) is 1.04. The number of nitrogens with one attached hydrogen (secondary N) is 2. The number of hydrogen-bond donors (Lipinski definition) is 2. The van der Waals surface area contributed by atoms with E-state index in [9.17, 15) is 0 Å². The van der Waals surface area contributed by atoms with Crippen LogP contribution in [0.5, 0.6) is 0 Å². The van der Waals surface area contributed by atoms with Crippen LogP contribution in [0.25, 0.3) is 0 Å². The first kappa shape index (κ1) is 4.39. The second-order valence-corrected chi connectivity index (χ2v) is 1.25. The van der Waals surface area contributed by atoms with Gasteiger partial charge in [0.05, 0.1) is 0 Å². The van der Waals surface area contributed by atoms with Gasteiger partial charge in [0.25, 0.3) is 0 Å². The molecule has 0 amide bonds. The minimum atomic E-state index is 0.442. The van der Waals surface area contributed by atoms with Gasteiger partial charge in [-0.2, -0.15) is 5.10 Å². The molecule has 0 bridgehead atoms. The van der Waals surface area contributed by atoms with Crippen LogP contribution in [0.3, 0.4) is 0 Å². The predicted octanol–water partition coefficient (Wildman–Crippen LogP) is -0.598. The molecule has 4 nitrogen and oxygen atoms in total. The van der Waals surface area contributed by atoms with E-state index in [-0.39, 0.29) is 0 Å². The zero-order valence-corrected chi connectivity index (χ0v) is 4.06. The van der Waals surface area contributed by atoms with Crippen LogP contribution in [0.4, 0.5) is 0 Å². The molecular formula is C3H7N3O. The van der Waals surface area contributed by atoms with Gasteiger partial charge >= 0.3 is 0 Å². The van der Waals surface area contributed by atoms with Crippen LogP contribution in [-0.4, -0.2) is 12.6 Å². The molecule has 7 heavy (non-hydrogen) atoms. The van der Waals surface area contributed by atoms with Crippen molar-refractivity contribution in [1.29, 1.82) is 0 Å². The van der Waals surface area contributed by atoms with Crippen molar-refractivity contribution in [3.05, 3.63) is 0 Å². The van der Waals surface area contributed by atoms with Gasteiger partial charge in [-0.3, -0.25) is 10.3 Å². The van der Waals surface area contributed by atoms with Crippen molar-refractivity contribution in [3.63, 3.8) is 0 Å². The lowest BCUT2D eigenvalue weighted by atomic mass is 10.7. The highest BCUT2D eigenvalue weighted by Crippen LogP contribution is 1.75. The number of hydrazone groups is 1. The summed E-state index contributed by atoms with van der Waals surface area (Å²) in [5.74, 6) is 0.756. The van der Waals surface area contributed by atoms with Crippen molar-refractivity contribution in [2.75, 3.05) is 6.73 Å². The van der Waals surface area contributed by atoms with Crippen molar-refractivity contribution in [2.45, 2.75) is 6.92 Å². The Morgan fingerprint density at radius 1 is 1.86 bits per heavy atom. The molecule has 0 saturated heterocycles. The standard InChI is InChI=1S/C3H7N3O/c1-3-5-4-2-7-6-3/h4H,2H2,1H3,(H,5,6). The lowest BCUT2D eigenvalue weighted by molar-refractivity contribution is 0.0570. The summed E-state index contributed by atoms with van der Waals surface area (Å²) in [6.45, 7) is 2.25. The second-order valence-electron chi connectivity index (χ2n) is 1.25. The number of rotatable bonds is 0. The fourth-order valence-electron chi connectivity index (χ4n) is 0.346. The molecule has 0 aromatic carbocycles. The Morgan fingerprint density at radius 2 is 2.71 bits per heavy atom. The first-order valence-electron chi connectivity index (χ1n) is 2.04. The zero-order chi connectivity index (χ0) is 5.11. The largest absolute Gasteiger partial charge is 0.281 e. The van der Waals surface area contributed by atoms with Gasteiger partial charge in [-0.05, 0) is 6.92 Å². The maximum atomic E-state index is 4.69. The fourth-order valence-corrected chi connectivity index (χ4v) is 0.346. The van der Waals surface area contributed by atoms with E-state index >= 15 is 0 Å². The van der Waals surface area contributed by atoms with Gasteiger partial charge in [-0.25, -0.2) is 5.48 Å². The molecule has 0 fully saturated rings. The Hall–Kier alpha value is -0.770. The normalized spacial score (nSPS) is 19.3. The summed E-state index contributed by atoms with van der Waals surface area (Å²) in [7, 11) is 0. The highest BCUT2D eigenvalue weighted by atomic mass is 16.7. The number of nitrogens with zero attached hydrogens (tertiary/aromatic N) is 1. The molecule has 2 N–H and O–H groups in total. The molecule has 4 heteroatoms. The Bertz CT molecular complexity index is 90.2. The molecule has 1 rings (SSSR count).